The third-order valence-electron chi connectivity index (χ3n) is 3.60. The van der Waals surface area contributed by atoms with Gasteiger partial charge in [-0.05, 0) is 66.1 Å². The molecule has 1 aromatic heterocycles. The maximum Gasteiger partial charge on any atom is 0.343 e. The number of thiophene rings is 1. The summed E-state index contributed by atoms with van der Waals surface area (Å²) >= 11 is 1.56. The molecule has 0 atom stereocenters. The van der Waals surface area contributed by atoms with E-state index in [4.69, 9.17) is 9.47 Å². The van der Waals surface area contributed by atoms with E-state index < -0.39 is 5.97 Å². The highest BCUT2D eigenvalue weighted by Crippen LogP contribution is 2.18. The molecule has 3 aromatic rings. The first-order valence-electron chi connectivity index (χ1n) is 7.88. The first-order chi connectivity index (χ1) is 12.7. The summed E-state index contributed by atoms with van der Waals surface area (Å²) in [7, 11) is 1.53. The predicted molar refractivity (Wildman–Crippen MR) is 102 cm³/mol. The van der Waals surface area contributed by atoms with Gasteiger partial charge in [-0.1, -0.05) is 12.1 Å². The molecule has 0 fully saturated rings. The zero-order chi connectivity index (χ0) is 18.4. The highest BCUT2D eigenvalue weighted by Gasteiger charge is 2.10. The zero-order valence-corrected chi connectivity index (χ0v) is 14.9. The molecule has 0 N–H and O–H groups in total. The molecule has 2 aromatic carbocycles. The van der Waals surface area contributed by atoms with E-state index in [0.29, 0.717) is 22.6 Å². The average Bonchev–Trinajstić information content (AvgIpc) is 3.20. The molecule has 3 rings (SSSR count). The second-order valence-corrected chi connectivity index (χ2v) is 6.34. The lowest BCUT2D eigenvalue weighted by molar-refractivity contribution is 0.0734. The van der Waals surface area contributed by atoms with Gasteiger partial charge in [0.05, 0.1) is 12.7 Å². The summed E-state index contributed by atoms with van der Waals surface area (Å²) in [4.78, 5) is 25.4. The topological polar surface area (TPSA) is 52.6 Å². The van der Waals surface area contributed by atoms with Crippen LogP contribution in [-0.4, -0.2) is 18.9 Å². The number of allylic oxidation sites excluding steroid dienone is 1. The lowest BCUT2D eigenvalue weighted by atomic mass is 10.1. The van der Waals surface area contributed by atoms with Crippen LogP contribution in [0.2, 0.25) is 0 Å². The minimum Gasteiger partial charge on any atom is -0.497 e. The van der Waals surface area contributed by atoms with E-state index in [1.165, 1.54) is 13.2 Å². The van der Waals surface area contributed by atoms with Crippen molar-refractivity contribution in [3.8, 4) is 11.5 Å². The molecule has 0 saturated carbocycles. The number of ether oxygens (including phenoxy) is 2. The van der Waals surface area contributed by atoms with E-state index >= 15 is 0 Å². The number of rotatable bonds is 6. The lowest BCUT2D eigenvalue weighted by Crippen LogP contribution is -2.08. The summed E-state index contributed by atoms with van der Waals surface area (Å²) in [6.07, 6.45) is 3.31. The van der Waals surface area contributed by atoms with Gasteiger partial charge in [-0.3, -0.25) is 4.79 Å². The van der Waals surface area contributed by atoms with Gasteiger partial charge in [-0.2, -0.15) is 0 Å². The molecule has 0 saturated heterocycles. The van der Waals surface area contributed by atoms with Crippen LogP contribution in [0.5, 0.6) is 11.5 Å². The molecule has 0 aliphatic rings. The molecule has 0 amide bonds. The molecule has 4 nitrogen and oxygen atoms in total. The van der Waals surface area contributed by atoms with Crippen molar-refractivity contribution in [2.24, 2.45) is 0 Å². The van der Waals surface area contributed by atoms with Crippen molar-refractivity contribution in [3.05, 3.63) is 88.1 Å². The Labute approximate surface area is 155 Å². The Hall–Kier alpha value is -3.18. The number of esters is 1. The summed E-state index contributed by atoms with van der Waals surface area (Å²) in [5, 5.41) is 1.95. The zero-order valence-electron chi connectivity index (χ0n) is 14.0. The number of carbonyl (C=O) groups excluding carboxylic acids is 2. The van der Waals surface area contributed by atoms with Crippen LogP contribution in [0.15, 0.2) is 72.1 Å². The van der Waals surface area contributed by atoms with Crippen molar-refractivity contribution < 1.29 is 19.1 Å². The van der Waals surface area contributed by atoms with Gasteiger partial charge in [0.2, 0.25) is 0 Å². The molecule has 1 heterocycles. The van der Waals surface area contributed by atoms with Crippen molar-refractivity contribution in [2.45, 2.75) is 0 Å². The van der Waals surface area contributed by atoms with Gasteiger partial charge in [0.25, 0.3) is 0 Å². The van der Waals surface area contributed by atoms with E-state index in [1.807, 2.05) is 17.5 Å². The molecule has 0 spiro atoms. The standard InChI is InChI=1S/C21H16O4S/c1-24-18-5-2-4-16(14-18)21(23)25-17-9-7-15(8-10-17)20(22)12-11-19-6-3-13-26-19/h2-14H,1H3/b12-11+. The molecule has 0 bridgehead atoms. The van der Waals surface area contributed by atoms with Crippen LogP contribution in [-0.2, 0) is 0 Å². The van der Waals surface area contributed by atoms with Crippen molar-refractivity contribution in [1.29, 1.82) is 0 Å². The van der Waals surface area contributed by atoms with Crippen LogP contribution in [0, 0.1) is 0 Å². The van der Waals surface area contributed by atoms with E-state index in [-0.39, 0.29) is 5.78 Å². The van der Waals surface area contributed by atoms with Gasteiger partial charge >= 0.3 is 5.97 Å². The average molecular weight is 364 g/mol. The van der Waals surface area contributed by atoms with Crippen molar-refractivity contribution in [1.82, 2.24) is 0 Å². The number of methoxy groups -OCH3 is 1. The number of carbonyl (C=O) groups is 2. The fourth-order valence-corrected chi connectivity index (χ4v) is 2.86. The fourth-order valence-electron chi connectivity index (χ4n) is 2.24. The smallest absolute Gasteiger partial charge is 0.343 e. The van der Waals surface area contributed by atoms with Crippen molar-refractivity contribution in [2.75, 3.05) is 7.11 Å². The van der Waals surface area contributed by atoms with E-state index in [1.54, 1.807) is 65.9 Å². The molecule has 0 unspecified atom stereocenters. The third-order valence-corrected chi connectivity index (χ3v) is 4.43. The molecular formula is C21H16O4S. The van der Waals surface area contributed by atoms with Crippen LogP contribution in [0.3, 0.4) is 0 Å². The SMILES string of the molecule is COc1cccc(C(=O)Oc2ccc(C(=O)/C=C/c3cccs3)cc2)c1. The largest absolute Gasteiger partial charge is 0.497 e. The first-order valence-corrected chi connectivity index (χ1v) is 8.76. The normalized spacial score (nSPS) is 10.7. The Bertz CT molecular complexity index is 925. The van der Waals surface area contributed by atoms with Gasteiger partial charge in [0.15, 0.2) is 5.78 Å². The van der Waals surface area contributed by atoms with Crippen molar-refractivity contribution >= 4 is 29.2 Å². The minimum atomic E-state index is -0.486. The Kier molecular flexibility index (Phi) is 5.61. The minimum absolute atomic E-state index is 0.107. The quantitative estimate of drug-likeness (QED) is 0.271. The molecule has 0 aliphatic heterocycles. The van der Waals surface area contributed by atoms with Gasteiger partial charge in [0.1, 0.15) is 11.5 Å². The fraction of sp³-hybridized carbons (Fsp3) is 0.0476. The van der Waals surface area contributed by atoms with Crippen LogP contribution >= 0.6 is 11.3 Å². The summed E-state index contributed by atoms with van der Waals surface area (Å²) in [6.45, 7) is 0. The van der Waals surface area contributed by atoms with Gasteiger partial charge in [-0.15, -0.1) is 11.3 Å². The third kappa shape index (κ3) is 4.46. The summed E-state index contributed by atoms with van der Waals surface area (Å²) in [6, 6.07) is 17.1. The molecule has 0 radical (unpaired) electrons. The second-order valence-electron chi connectivity index (χ2n) is 5.36. The highest BCUT2D eigenvalue weighted by molar-refractivity contribution is 7.10. The molecular weight excluding hydrogens is 348 g/mol. The second kappa shape index (κ2) is 8.27. The Morgan fingerprint density at radius 3 is 2.42 bits per heavy atom. The van der Waals surface area contributed by atoms with Gasteiger partial charge < -0.3 is 9.47 Å². The van der Waals surface area contributed by atoms with Crippen LogP contribution in [0.4, 0.5) is 0 Å². The lowest BCUT2D eigenvalue weighted by Gasteiger charge is -2.06. The summed E-state index contributed by atoms with van der Waals surface area (Å²) in [5.74, 6) is 0.360. The van der Waals surface area contributed by atoms with E-state index in [2.05, 4.69) is 0 Å². The maximum atomic E-state index is 12.2. The van der Waals surface area contributed by atoms with E-state index in [9.17, 15) is 9.59 Å². The summed E-state index contributed by atoms with van der Waals surface area (Å²) < 4.78 is 10.4. The van der Waals surface area contributed by atoms with Gasteiger partial charge in [-0.25, -0.2) is 4.79 Å². The summed E-state index contributed by atoms with van der Waals surface area (Å²) in [5.41, 5.74) is 0.919. The maximum absolute atomic E-state index is 12.2. The van der Waals surface area contributed by atoms with Crippen LogP contribution in [0.1, 0.15) is 25.6 Å². The first kappa shape index (κ1) is 17.6. The van der Waals surface area contributed by atoms with Gasteiger partial charge in [0, 0.05) is 10.4 Å². The Morgan fingerprint density at radius 2 is 1.73 bits per heavy atom. The Balaban J connectivity index is 1.65. The van der Waals surface area contributed by atoms with Crippen LogP contribution < -0.4 is 9.47 Å². The molecule has 26 heavy (non-hydrogen) atoms. The molecule has 130 valence electrons. The number of hydrogen-bond acceptors (Lipinski definition) is 5. The Morgan fingerprint density at radius 1 is 0.923 bits per heavy atom. The van der Waals surface area contributed by atoms with E-state index in [0.717, 1.165) is 4.88 Å². The van der Waals surface area contributed by atoms with Crippen LogP contribution in [0.25, 0.3) is 6.08 Å². The number of ketones is 1. The number of hydrogen-bond donors (Lipinski definition) is 0. The molecule has 5 heteroatoms. The highest BCUT2D eigenvalue weighted by atomic mass is 32.1. The predicted octanol–water partition coefficient (Wildman–Crippen LogP) is 4.87. The number of benzene rings is 2. The van der Waals surface area contributed by atoms with Crippen molar-refractivity contribution in [3.63, 3.8) is 0 Å². The molecule has 0 aliphatic carbocycles. The monoisotopic (exact) mass is 364 g/mol.